The first-order valence-corrected chi connectivity index (χ1v) is 8.89. The maximum Gasteiger partial charge on any atom is 0.283 e. The Labute approximate surface area is 164 Å². The number of aromatic nitrogens is 5. The van der Waals surface area contributed by atoms with Crippen LogP contribution in [0.1, 0.15) is 11.1 Å². The van der Waals surface area contributed by atoms with Gasteiger partial charge in [-0.3, -0.25) is 14.2 Å². The van der Waals surface area contributed by atoms with Crippen LogP contribution in [-0.2, 0) is 17.9 Å². The van der Waals surface area contributed by atoms with Gasteiger partial charge < -0.3 is 5.32 Å². The zero-order valence-corrected chi connectivity index (χ0v) is 15.5. The molecule has 0 unspecified atom stereocenters. The van der Waals surface area contributed by atoms with Gasteiger partial charge in [-0.1, -0.05) is 35.0 Å². The quantitative estimate of drug-likeness (QED) is 0.561. The third-order valence-electron chi connectivity index (χ3n) is 4.39. The van der Waals surface area contributed by atoms with Gasteiger partial charge in [0.25, 0.3) is 5.56 Å². The van der Waals surface area contributed by atoms with Crippen LogP contribution in [-0.4, -0.2) is 30.5 Å². The predicted molar refractivity (Wildman–Crippen MR) is 105 cm³/mol. The van der Waals surface area contributed by atoms with Crippen LogP contribution in [0.4, 0.5) is 10.1 Å². The van der Waals surface area contributed by atoms with Crippen LogP contribution < -0.4 is 10.9 Å². The fourth-order valence-corrected chi connectivity index (χ4v) is 2.86. The number of rotatable bonds is 5. The smallest absolute Gasteiger partial charge is 0.283 e. The summed E-state index contributed by atoms with van der Waals surface area (Å²) in [7, 11) is 0. The first-order chi connectivity index (χ1) is 14.0. The molecule has 146 valence electrons. The normalized spacial score (nSPS) is 11.0. The molecule has 0 aliphatic heterocycles. The van der Waals surface area contributed by atoms with Gasteiger partial charge in [0.15, 0.2) is 11.2 Å². The Morgan fingerprint density at radius 3 is 2.55 bits per heavy atom. The number of carbonyl (C=O) groups is 1. The number of hydrogen-bond acceptors (Lipinski definition) is 5. The summed E-state index contributed by atoms with van der Waals surface area (Å²) in [5.41, 5.74) is 2.58. The summed E-state index contributed by atoms with van der Waals surface area (Å²) in [5.74, 6) is -0.838. The molecule has 0 radical (unpaired) electrons. The van der Waals surface area contributed by atoms with E-state index in [1.165, 1.54) is 30.6 Å². The number of amides is 1. The monoisotopic (exact) mass is 392 g/mol. The summed E-state index contributed by atoms with van der Waals surface area (Å²) in [6.45, 7) is 2.19. The average Bonchev–Trinajstić information content (AvgIpc) is 3.11. The number of anilines is 1. The largest absolute Gasteiger partial charge is 0.325 e. The minimum Gasteiger partial charge on any atom is -0.325 e. The number of fused-ring (bicyclic) bond motifs is 1. The van der Waals surface area contributed by atoms with Gasteiger partial charge in [0.2, 0.25) is 5.91 Å². The van der Waals surface area contributed by atoms with Gasteiger partial charge in [0, 0.05) is 5.69 Å². The molecule has 2 aromatic carbocycles. The molecular weight excluding hydrogens is 375 g/mol. The molecule has 9 heteroatoms. The van der Waals surface area contributed by atoms with Crippen molar-refractivity contribution in [3.05, 3.63) is 82.2 Å². The zero-order chi connectivity index (χ0) is 20.4. The molecule has 1 N–H and O–H groups in total. The summed E-state index contributed by atoms with van der Waals surface area (Å²) in [4.78, 5) is 29.1. The second kappa shape index (κ2) is 7.63. The Morgan fingerprint density at radius 1 is 1.10 bits per heavy atom. The number of carbonyl (C=O) groups excluding carboxylic acids is 1. The van der Waals surface area contributed by atoms with Crippen LogP contribution in [0, 0.1) is 12.7 Å². The second-order valence-corrected chi connectivity index (χ2v) is 6.64. The standard InChI is InChI=1S/C20H17FN6O2/c1-13-2-4-14(5-3-13)10-27-19-18(24-25-27)20(29)26(12-22-19)11-17(28)23-16-8-6-15(21)7-9-16/h2-9,12H,10-11H2,1H3,(H,23,28). The fourth-order valence-electron chi connectivity index (χ4n) is 2.86. The highest BCUT2D eigenvalue weighted by molar-refractivity contribution is 5.90. The molecule has 0 aliphatic rings. The number of aryl methyl sites for hydroxylation is 1. The predicted octanol–water partition coefficient (Wildman–Crippen LogP) is 2.12. The van der Waals surface area contributed by atoms with E-state index in [1.807, 2.05) is 31.2 Å². The molecule has 0 aliphatic carbocycles. The highest BCUT2D eigenvalue weighted by Crippen LogP contribution is 2.10. The lowest BCUT2D eigenvalue weighted by molar-refractivity contribution is -0.116. The first-order valence-electron chi connectivity index (χ1n) is 8.89. The maximum atomic E-state index is 12.9. The summed E-state index contributed by atoms with van der Waals surface area (Å²) < 4.78 is 15.7. The van der Waals surface area contributed by atoms with Crippen LogP contribution in [0.5, 0.6) is 0 Å². The van der Waals surface area contributed by atoms with Crippen LogP contribution in [0.25, 0.3) is 11.2 Å². The maximum absolute atomic E-state index is 12.9. The van der Waals surface area contributed by atoms with Crippen LogP contribution >= 0.6 is 0 Å². The van der Waals surface area contributed by atoms with E-state index in [0.29, 0.717) is 17.9 Å². The molecule has 0 spiro atoms. The van der Waals surface area contributed by atoms with Crippen molar-refractivity contribution in [2.75, 3.05) is 5.32 Å². The molecule has 2 heterocycles. The SMILES string of the molecule is Cc1ccc(Cn2nnc3c(=O)n(CC(=O)Nc4ccc(F)cc4)cnc32)cc1. The molecule has 4 aromatic rings. The van der Waals surface area contributed by atoms with Gasteiger partial charge in [0.1, 0.15) is 18.7 Å². The molecule has 4 rings (SSSR count). The Bertz CT molecular complexity index is 1230. The summed E-state index contributed by atoms with van der Waals surface area (Å²) in [6.07, 6.45) is 1.30. The zero-order valence-electron chi connectivity index (χ0n) is 15.5. The van der Waals surface area contributed by atoms with E-state index < -0.39 is 17.3 Å². The molecule has 0 saturated heterocycles. The van der Waals surface area contributed by atoms with E-state index in [4.69, 9.17) is 0 Å². The number of benzene rings is 2. The molecule has 0 atom stereocenters. The Balaban J connectivity index is 1.53. The van der Waals surface area contributed by atoms with Gasteiger partial charge in [-0.05, 0) is 36.8 Å². The van der Waals surface area contributed by atoms with E-state index in [1.54, 1.807) is 4.68 Å². The summed E-state index contributed by atoms with van der Waals surface area (Å²) >= 11 is 0. The Kier molecular flexibility index (Phi) is 4.86. The average molecular weight is 392 g/mol. The van der Waals surface area contributed by atoms with Crippen molar-refractivity contribution in [1.82, 2.24) is 24.5 Å². The van der Waals surface area contributed by atoms with Gasteiger partial charge in [-0.2, -0.15) is 0 Å². The van der Waals surface area contributed by atoms with E-state index in [2.05, 4.69) is 20.6 Å². The van der Waals surface area contributed by atoms with Crippen molar-refractivity contribution in [1.29, 1.82) is 0 Å². The van der Waals surface area contributed by atoms with Crippen molar-refractivity contribution in [2.45, 2.75) is 20.0 Å². The van der Waals surface area contributed by atoms with E-state index in [0.717, 1.165) is 15.7 Å². The lowest BCUT2D eigenvalue weighted by atomic mass is 10.1. The van der Waals surface area contributed by atoms with Crippen LogP contribution in [0.2, 0.25) is 0 Å². The lowest BCUT2D eigenvalue weighted by Gasteiger charge is -2.07. The third-order valence-corrected chi connectivity index (χ3v) is 4.39. The van der Waals surface area contributed by atoms with E-state index >= 15 is 0 Å². The molecule has 0 fully saturated rings. The summed E-state index contributed by atoms with van der Waals surface area (Å²) in [6, 6.07) is 13.3. The molecule has 0 bridgehead atoms. The van der Waals surface area contributed by atoms with E-state index in [9.17, 15) is 14.0 Å². The number of halogens is 1. The fraction of sp³-hybridized carbons (Fsp3) is 0.150. The van der Waals surface area contributed by atoms with Gasteiger partial charge in [-0.25, -0.2) is 14.1 Å². The van der Waals surface area contributed by atoms with Gasteiger partial charge in [-0.15, -0.1) is 5.10 Å². The molecular formula is C20H17FN6O2. The lowest BCUT2D eigenvalue weighted by Crippen LogP contribution is -2.28. The van der Waals surface area contributed by atoms with Crippen LogP contribution in [0.15, 0.2) is 59.7 Å². The van der Waals surface area contributed by atoms with E-state index in [-0.39, 0.29) is 12.1 Å². The van der Waals surface area contributed by atoms with Gasteiger partial charge in [0.05, 0.1) is 6.54 Å². The van der Waals surface area contributed by atoms with Crippen molar-refractivity contribution in [3.63, 3.8) is 0 Å². The van der Waals surface area contributed by atoms with Crippen LogP contribution in [0.3, 0.4) is 0 Å². The molecule has 29 heavy (non-hydrogen) atoms. The highest BCUT2D eigenvalue weighted by Gasteiger charge is 2.14. The molecule has 8 nitrogen and oxygen atoms in total. The number of hydrogen-bond donors (Lipinski definition) is 1. The molecule has 2 aromatic heterocycles. The van der Waals surface area contributed by atoms with Crippen molar-refractivity contribution in [3.8, 4) is 0 Å². The highest BCUT2D eigenvalue weighted by atomic mass is 19.1. The molecule has 0 saturated carbocycles. The minimum absolute atomic E-state index is 0.0918. The Morgan fingerprint density at radius 2 is 1.83 bits per heavy atom. The topological polar surface area (TPSA) is 94.7 Å². The van der Waals surface area contributed by atoms with Crippen molar-refractivity contribution in [2.24, 2.45) is 0 Å². The van der Waals surface area contributed by atoms with Crippen molar-refractivity contribution >= 4 is 22.8 Å². The second-order valence-electron chi connectivity index (χ2n) is 6.64. The minimum atomic E-state index is -0.459. The molecule has 1 amide bonds. The number of nitrogens with zero attached hydrogens (tertiary/aromatic N) is 5. The summed E-state index contributed by atoms with van der Waals surface area (Å²) in [5, 5.41) is 10.6. The first kappa shape index (κ1) is 18.5. The van der Waals surface area contributed by atoms with Crippen molar-refractivity contribution < 1.29 is 9.18 Å². The Hall–Kier alpha value is -3.88. The van der Waals surface area contributed by atoms with Gasteiger partial charge >= 0.3 is 0 Å². The third kappa shape index (κ3) is 4.03. The number of nitrogens with one attached hydrogen (secondary N) is 1.